The van der Waals surface area contributed by atoms with Crippen molar-refractivity contribution in [2.45, 2.75) is 6.54 Å². The first-order chi connectivity index (χ1) is 9.08. The molecule has 2 rings (SSSR count). The number of rotatable bonds is 4. The zero-order valence-electron chi connectivity index (χ0n) is 9.50. The second kappa shape index (κ2) is 5.77. The quantitative estimate of drug-likeness (QED) is 0.534. The lowest BCUT2D eigenvalue weighted by Gasteiger charge is -2.04. The highest BCUT2D eigenvalue weighted by atomic mass is 35.5. The summed E-state index contributed by atoms with van der Waals surface area (Å²) in [4.78, 5) is 25.7. The van der Waals surface area contributed by atoms with Crippen molar-refractivity contribution in [3.05, 3.63) is 55.5 Å². The topological polar surface area (TPSA) is 85.1 Å². The van der Waals surface area contributed by atoms with Crippen LogP contribution in [-0.2, 0) is 6.54 Å². The Kier molecular flexibility index (Phi) is 4.08. The van der Waals surface area contributed by atoms with Gasteiger partial charge in [-0.05, 0) is 28.5 Å². The Morgan fingerprint density at radius 3 is 3.00 bits per heavy atom. The van der Waals surface area contributed by atoms with Gasteiger partial charge in [-0.25, -0.2) is 4.98 Å². The smallest absolute Gasteiger partial charge is 0.300 e. The average molecular weight is 298 g/mol. The molecule has 0 aliphatic heterocycles. The molecule has 0 fully saturated rings. The fourth-order valence-electron chi connectivity index (χ4n) is 1.42. The summed E-state index contributed by atoms with van der Waals surface area (Å²) in [5, 5.41) is 17.2. The van der Waals surface area contributed by atoms with Gasteiger partial charge in [0.1, 0.15) is 16.9 Å². The summed E-state index contributed by atoms with van der Waals surface area (Å²) in [6.07, 6.45) is 0.974. The van der Waals surface area contributed by atoms with Crippen molar-refractivity contribution in [1.29, 1.82) is 0 Å². The Balaban J connectivity index is 2.18. The van der Waals surface area contributed by atoms with Crippen LogP contribution in [0.1, 0.15) is 15.9 Å². The molecule has 0 radical (unpaired) electrons. The van der Waals surface area contributed by atoms with E-state index in [0.29, 0.717) is 6.54 Å². The number of nitrogens with zero attached hydrogens (tertiary/aromatic N) is 2. The highest BCUT2D eigenvalue weighted by Crippen LogP contribution is 2.20. The maximum atomic E-state index is 11.9. The summed E-state index contributed by atoms with van der Waals surface area (Å²) in [6.45, 7) is 0.305. The average Bonchev–Trinajstić information content (AvgIpc) is 2.88. The molecule has 2 heterocycles. The molecule has 0 aliphatic rings. The van der Waals surface area contributed by atoms with Gasteiger partial charge in [-0.1, -0.05) is 11.6 Å². The largest absolute Gasteiger partial charge is 0.348 e. The highest BCUT2D eigenvalue weighted by molar-refractivity contribution is 7.07. The lowest BCUT2D eigenvalue weighted by atomic mass is 10.2. The number of halogens is 1. The predicted octanol–water partition coefficient (Wildman–Crippen LogP) is 2.63. The van der Waals surface area contributed by atoms with Crippen molar-refractivity contribution in [2.75, 3.05) is 0 Å². The predicted molar refractivity (Wildman–Crippen MR) is 71.4 cm³/mol. The fourth-order valence-corrected chi connectivity index (χ4v) is 2.25. The van der Waals surface area contributed by atoms with Gasteiger partial charge in [0.05, 0.1) is 4.92 Å². The highest BCUT2D eigenvalue weighted by Gasteiger charge is 2.21. The van der Waals surface area contributed by atoms with Gasteiger partial charge in [0.25, 0.3) is 11.6 Å². The van der Waals surface area contributed by atoms with Crippen molar-refractivity contribution in [1.82, 2.24) is 10.3 Å². The first kappa shape index (κ1) is 13.4. The molecule has 1 N–H and O–H groups in total. The monoisotopic (exact) mass is 297 g/mol. The van der Waals surface area contributed by atoms with Crippen LogP contribution in [0.5, 0.6) is 0 Å². The van der Waals surface area contributed by atoms with Crippen LogP contribution in [0.3, 0.4) is 0 Å². The summed E-state index contributed by atoms with van der Waals surface area (Å²) in [7, 11) is 0. The third kappa shape index (κ3) is 3.27. The maximum absolute atomic E-state index is 11.9. The Morgan fingerprint density at radius 2 is 2.37 bits per heavy atom. The molecule has 0 saturated carbocycles. The van der Waals surface area contributed by atoms with Crippen molar-refractivity contribution >= 4 is 34.5 Å². The van der Waals surface area contributed by atoms with Crippen LogP contribution in [0.4, 0.5) is 5.69 Å². The standard InChI is InChI=1S/C11H8ClN3O3S/c12-10-3-8(9(5-13-10)15(17)18)11(16)14-4-7-1-2-19-6-7/h1-3,5-6H,4H2,(H,14,16). The number of hydrogen-bond donors (Lipinski definition) is 1. The zero-order valence-corrected chi connectivity index (χ0v) is 11.1. The molecular weight excluding hydrogens is 290 g/mol. The molecule has 0 unspecified atom stereocenters. The van der Waals surface area contributed by atoms with Crippen molar-refractivity contribution in [2.24, 2.45) is 0 Å². The minimum Gasteiger partial charge on any atom is -0.348 e. The summed E-state index contributed by atoms with van der Waals surface area (Å²) in [5.74, 6) is -0.554. The van der Waals surface area contributed by atoms with Gasteiger partial charge in [-0.3, -0.25) is 14.9 Å². The maximum Gasteiger partial charge on any atom is 0.300 e. The minimum atomic E-state index is -0.664. The van der Waals surface area contributed by atoms with Crippen LogP contribution >= 0.6 is 22.9 Å². The van der Waals surface area contributed by atoms with Crippen LogP contribution in [0.2, 0.25) is 5.15 Å². The Labute approximate surface area is 117 Å². The minimum absolute atomic E-state index is 0.0336. The van der Waals surface area contributed by atoms with Gasteiger partial charge in [-0.15, -0.1) is 0 Å². The van der Waals surface area contributed by atoms with Crippen LogP contribution in [-0.4, -0.2) is 15.8 Å². The number of thiophene rings is 1. The zero-order chi connectivity index (χ0) is 13.8. The molecule has 19 heavy (non-hydrogen) atoms. The molecule has 0 aliphatic carbocycles. The van der Waals surface area contributed by atoms with Crippen LogP contribution in [0.25, 0.3) is 0 Å². The molecule has 2 aromatic heterocycles. The van der Waals surface area contributed by atoms with Gasteiger partial charge in [-0.2, -0.15) is 11.3 Å². The van der Waals surface area contributed by atoms with E-state index in [9.17, 15) is 14.9 Å². The third-order valence-corrected chi connectivity index (χ3v) is 3.26. The number of aromatic nitrogens is 1. The van der Waals surface area contributed by atoms with Gasteiger partial charge >= 0.3 is 0 Å². The van der Waals surface area contributed by atoms with Gasteiger partial charge < -0.3 is 5.32 Å². The number of carbonyl (C=O) groups excluding carboxylic acids is 1. The lowest BCUT2D eigenvalue weighted by Crippen LogP contribution is -2.23. The second-order valence-electron chi connectivity index (χ2n) is 3.60. The molecule has 98 valence electrons. The fraction of sp³-hybridized carbons (Fsp3) is 0.0909. The molecule has 0 aromatic carbocycles. The lowest BCUT2D eigenvalue weighted by molar-refractivity contribution is -0.385. The Morgan fingerprint density at radius 1 is 1.58 bits per heavy atom. The molecule has 1 amide bonds. The van der Waals surface area contributed by atoms with Crippen LogP contribution in [0.15, 0.2) is 29.1 Å². The van der Waals surface area contributed by atoms with Crippen molar-refractivity contribution < 1.29 is 9.72 Å². The first-order valence-corrected chi connectivity index (χ1v) is 6.49. The van der Waals surface area contributed by atoms with Crippen LogP contribution in [0, 0.1) is 10.1 Å². The first-order valence-electron chi connectivity index (χ1n) is 5.17. The van der Waals surface area contributed by atoms with Crippen LogP contribution < -0.4 is 5.32 Å². The van der Waals surface area contributed by atoms with E-state index in [4.69, 9.17) is 11.6 Å². The molecule has 6 nitrogen and oxygen atoms in total. The summed E-state index contributed by atoms with van der Waals surface area (Å²) in [5.41, 5.74) is 0.466. The summed E-state index contributed by atoms with van der Waals surface area (Å²) < 4.78 is 0. The molecule has 0 spiro atoms. The van der Waals surface area contributed by atoms with E-state index < -0.39 is 10.8 Å². The van der Waals surface area contributed by atoms with E-state index in [1.54, 1.807) is 0 Å². The number of nitro groups is 1. The SMILES string of the molecule is O=C(NCc1ccsc1)c1cc(Cl)ncc1[N+](=O)[O-]. The van der Waals surface area contributed by atoms with Gasteiger partial charge in [0.15, 0.2) is 0 Å². The Bertz CT molecular complexity index is 616. The van der Waals surface area contributed by atoms with Gasteiger partial charge in [0.2, 0.25) is 0 Å². The van der Waals surface area contributed by atoms with E-state index in [0.717, 1.165) is 11.8 Å². The van der Waals surface area contributed by atoms with E-state index in [1.807, 2.05) is 16.8 Å². The van der Waals surface area contributed by atoms with Crippen molar-refractivity contribution in [3.63, 3.8) is 0 Å². The normalized spacial score (nSPS) is 10.2. The molecular formula is C11H8ClN3O3S. The number of carbonyl (C=O) groups is 1. The summed E-state index contributed by atoms with van der Waals surface area (Å²) in [6, 6.07) is 3.04. The Hall–Kier alpha value is -1.99. The van der Waals surface area contributed by atoms with E-state index in [2.05, 4.69) is 10.3 Å². The number of hydrogen-bond acceptors (Lipinski definition) is 5. The van der Waals surface area contributed by atoms with E-state index >= 15 is 0 Å². The summed E-state index contributed by atoms with van der Waals surface area (Å²) >= 11 is 7.16. The van der Waals surface area contributed by atoms with E-state index in [1.165, 1.54) is 17.4 Å². The number of amides is 1. The van der Waals surface area contributed by atoms with Crippen molar-refractivity contribution in [3.8, 4) is 0 Å². The second-order valence-corrected chi connectivity index (χ2v) is 4.76. The third-order valence-electron chi connectivity index (χ3n) is 2.32. The molecule has 0 atom stereocenters. The van der Waals surface area contributed by atoms with E-state index in [-0.39, 0.29) is 16.4 Å². The molecule has 0 saturated heterocycles. The molecule has 2 aromatic rings. The molecule has 8 heteroatoms. The molecule has 0 bridgehead atoms. The number of nitrogens with one attached hydrogen (secondary N) is 1. The number of pyridine rings is 1. The van der Waals surface area contributed by atoms with Gasteiger partial charge in [0, 0.05) is 6.54 Å².